The van der Waals surface area contributed by atoms with Crippen LogP contribution in [0.3, 0.4) is 0 Å². The summed E-state index contributed by atoms with van der Waals surface area (Å²) in [6.07, 6.45) is 0. The highest BCUT2D eigenvalue weighted by atomic mass is 79.9. The van der Waals surface area contributed by atoms with Gasteiger partial charge in [-0.3, -0.25) is 4.79 Å². The largest absolute Gasteiger partial charge is 0.508 e. The number of phenols is 1. The second-order valence-corrected chi connectivity index (χ2v) is 7.16. The standard InChI is InChI=1S/C21H15BrFN3O2/c22-15-5-1-13(2-6-15)12-24-26-20(14-3-7-16(23)8-4-14)25-19-11-17(27)9-10-18(19)21(26)28/h1-11,24,27H,12H2. The summed E-state index contributed by atoms with van der Waals surface area (Å²) in [5.74, 6) is -0.0239. The third-order valence-electron chi connectivity index (χ3n) is 4.31. The SMILES string of the molecule is O=c1c2ccc(O)cc2nc(-c2ccc(F)cc2)n1NCc1ccc(Br)cc1. The summed E-state index contributed by atoms with van der Waals surface area (Å²) < 4.78 is 15.7. The summed E-state index contributed by atoms with van der Waals surface area (Å²) >= 11 is 3.40. The van der Waals surface area contributed by atoms with Gasteiger partial charge in [0, 0.05) is 16.1 Å². The molecule has 3 aromatic carbocycles. The molecule has 0 amide bonds. The van der Waals surface area contributed by atoms with Gasteiger partial charge in [-0.1, -0.05) is 28.1 Å². The predicted octanol–water partition coefficient (Wildman–Crippen LogP) is 4.41. The van der Waals surface area contributed by atoms with Crippen LogP contribution < -0.4 is 11.0 Å². The van der Waals surface area contributed by atoms with Gasteiger partial charge >= 0.3 is 0 Å². The van der Waals surface area contributed by atoms with Crippen LogP contribution in [-0.4, -0.2) is 14.8 Å². The Hall–Kier alpha value is -3.19. The average molecular weight is 440 g/mol. The minimum absolute atomic E-state index is 0.0185. The molecule has 28 heavy (non-hydrogen) atoms. The zero-order valence-corrected chi connectivity index (χ0v) is 16.1. The molecule has 7 heteroatoms. The van der Waals surface area contributed by atoms with Gasteiger partial charge in [0.15, 0.2) is 5.82 Å². The third-order valence-corrected chi connectivity index (χ3v) is 4.84. The Morgan fingerprint density at radius 3 is 2.46 bits per heavy atom. The lowest BCUT2D eigenvalue weighted by atomic mass is 10.2. The molecule has 0 aliphatic carbocycles. The number of nitrogens with zero attached hydrogens (tertiary/aromatic N) is 2. The molecule has 0 saturated carbocycles. The molecule has 0 bridgehead atoms. The van der Waals surface area contributed by atoms with Crippen molar-refractivity contribution < 1.29 is 9.50 Å². The van der Waals surface area contributed by atoms with Crippen molar-refractivity contribution in [1.82, 2.24) is 9.66 Å². The number of halogens is 2. The van der Waals surface area contributed by atoms with Gasteiger partial charge in [0.2, 0.25) is 0 Å². The van der Waals surface area contributed by atoms with Crippen molar-refractivity contribution in [2.45, 2.75) is 6.54 Å². The molecular formula is C21H15BrFN3O2. The van der Waals surface area contributed by atoms with Crippen LogP contribution in [0.4, 0.5) is 4.39 Å². The van der Waals surface area contributed by atoms with Crippen LogP contribution in [0, 0.1) is 5.82 Å². The van der Waals surface area contributed by atoms with Crippen LogP contribution in [0.2, 0.25) is 0 Å². The molecule has 0 unspecified atom stereocenters. The zero-order chi connectivity index (χ0) is 19.7. The highest BCUT2D eigenvalue weighted by Gasteiger charge is 2.13. The molecule has 2 N–H and O–H groups in total. The van der Waals surface area contributed by atoms with E-state index in [-0.39, 0.29) is 17.1 Å². The number of phenolic OH excluding ortho intramolecular Hbond substituents is 1. The van der Waals surface area contributed by atoms with E-state index in [1.54, 1.807) is 12.1 Å². The fourth-order valence-electron chi connectivity index (χ4n) is 2.89. The Labute approximate surface area is 168 Å². The number of rotatable bonds is 4. The van der Waals surface area contributed by atoms with Gasteiger partial charge in [0.25, 0.3) is 5.56 Å². The van der Waals surface area contributed by atoms with Gasteiger partial charge in [0.05, 0.1) is 17.4 Å². The van der Waals surface area contributed by atoms with Gasteiger partial charge in [-0.25, -0.2) is 14.1 Å². The van der Waals surface area contributed by atoms with Crippen LogP contribution >= 0.6 is 15.9 Å². The van der Waals surface area contributed by atoms with Crippen LogP contribution in [0.25, 0.3) is 22.3 Å². The number of nitrogens with one attached hydrogen (secondary N) is 1. The lowest BCUT2D eigenvalue weighted by molar-refractivity contribution is 0.476. The summed E-state index contributed by atoms with van der Waals surface area (Å²) in [4.78, 5) is 17.6. The summed E-state index contributed by atoms with van der Waals surface area (Å²) in [6.45, 7) is 0.395. The van der Waals surface area contributed by atoms with Crippen molar-refractivity contribution >= 4 is 26.8 Å². The van der Waals surface area contributed by atoms with Crippen LogP contribution in [0.5, 0.6) is 5.75 Å². The summed E-state index contributed by atoms with van der Waals surface area (Å²) in [5.41, 5.74) is 4.72. The highest BCUT2D eigenvalue weighted by Crippen LogP contribution is 2.21. The van der Waals surface area contributed by atoms with E-state index in [0.29, 0.717) is 28.8 Å². The molecule has 5 nitrogen and oxygen atoms in total. The number of aromatic hydroxyl groups is 1. The first-order valence-corrected chi connectivity index (χ1v) is 9.30. The molecule has 0 saturated heterocycles. The molecule has 0 aliphatic rings. The smallest absolute Gasteiger partial charge is 0.280 e. The maximum Gasteiger partial charge on any atom is 0.280 e. The third kappa shape index (κ3) is 3.61. The van der Waals surface area contributed by atoms with Crippen LogP contribution in [0.15, 0.2) is 76.0 Å². The first-order valence-electron chi connectivity index (χ1n) is 8.51. The molecule has 0 radical (unpaired) electrons. The van der Waals surface area contributed by atoms with E-state index in [2.05, 4.69) is 26.3 Å². The normalized spacial score (nSPS) is 10.9. The first-order chi connectivity index (χ1) is 13.5. The molecule has 0 aliphatic heterocycles. The van der Waals surface area contributed by atoms with Crippen LogP contribution in [-0.2, 0) is 6.54 Å². The Balaban J connectivity index is 1.84. The van der Waals surface area contributed by atoms with Crippen molar-refractivity contribution in [3.63, 3.8) is 0 Å². The van der Waals surface area contributed by atoms with Gasteiger partial charge in [-0.15, -0.1) is 0 Å². The van der Waals surface area contributed by atoms with Crippen molar-refractivity contribution in [1.29, 1.82) is 0 Å². The zero-order valence-electron chi connectivity index (χ0n) is 14.6. The van der Waals surface area contributed by atoms with E-state index in [1.165, 1.54) is 35.0 Å². The van der Waals surface area contributed by atoms with E-state index in [4.69, 9.17) is 0 Å². The maximum absolute atomic E-state index is 13.3. The van der Waals surface area contributed by atoms with Gasteiger partial charge < -0.3 is 10.5 Å². The van der Waals surface area contributed by atoms with Gasteiger partial charge in [-0.2, -0.15) is 0 Å². The highest BCUT2D eigenvalue weighted by molar-refractivity contribution is 9.10. The molecule has 4 rings (SSSR count). The average Bonchev–Trinajstić information content (AvgIpc) is 2.69. The van der Waals surface area contributed by atoms with E-state index >= 15 is 0 Å². The predicted molar refractivity (Wildman–Crippen MR) is 110 cm³/mol. The Kier molecular flexibility index (Phi) is 4.83. The molecule has 0 atom stereocenters. The summed E-state index contributed by atoms with van der Waals surface area (Å²) in [5, 5.41) is 10.1. The molecule has 0 spiro atoms. The lowest BCUT2D eigenvalue weighted by Crippen LogP contribution is -2.31. The minimum atomic E-state index is -0.376. The Bertz CT molecular complexity index is 1210. The molecule has 1 heterocycles. The Morgan fingerprint density at radius 1 is 1.04 bits per heavy atom. The monoisotopic (exact) mass is 439 g/mol. The second-order valence-electron chi connectivity index (χ2n) is 6.25. The number of benzene rings is 3. The number of fused-ring (bicyclic) bond motifs is 1. The molecule has 140 valence electrons. The lowest BCUT2D eigenvalue weighted by Gasteiger charge is -2.16. The van der Waals surface area contributed by atoms with Crippen LogP contribution in [0.1, 0.15) is 5.56 Å². The van der Waals surface area contributed by atoms with Crippen molar-refractivity contribution in [3.05, 3.63) is 92.9 Å². The van der Waals surface area contributed by atoms with Crippen molar-refractivity contribution in [3.8, 4) is 17.1 Å². The molecular weight excluding hydrogens is 425 g/mol. The fraction of sp³-hybridized carbons (Fsp3) is 0.0476. The van der Waals surface area contributed by atoms with E-state index in [9.17, 15) is 14.3 Å². The fourth-order valence-corrected chi connectivity index (χ4v) is 3.15. The van der Waals surface area contributed by atoms with E-state index < -0.39 is 0 Å². The van der Waals surface area contributed by atoms with Gasteiger partial charge in [-0.05, 0) is 54.1 Å². The molecule has 4 aromatic rings. The molecule has 0 fully saturated rings. The van der Waals surface area contributed by atoms with E-state index in [0.717, 1.165) is 10.0 Å². The number of aromatic nitrogens is 2. The topological polar surface area (TPSA) is 67.1 Å². The quantitative estimate of drug-likeness (QED) is 0.493. The minimum Gasteiger partial charge on any atom is -0.508 e. The van der Waals surface area contributed by atoms with E-state index in [1.807, 2.05) is 24.3 Å². The first kappa shape index (κ1) is 18.2. The van der Waals surface area contributed by atoms with Crippen molar-refractivity contribution in [2.24, 2.45) is 0 Å². The van der Waals surface area contributed by atoms with Gasteiger partial charge in [0.1, 0.15) is 11.6 Å². The summed E-state index contributed by atoms with van der Waals surface area (Å²) in [6, 6.07) is 17.9. The molecule has 1 aromatic heterocycles. The Morgan fingerprint density at radius 2 is 1.75 bits per heavy atom. The second kappa shape index (κ2) is 7.44. The number of hydrogen-bond donors (Lipinski definition) is 2. The number of hydrogen-bond acceptors (Lipinski definition) is 4. The maximum atomic E-state index is 13.3. The van der Waals surface area contributed by atoms with Crippen molar-refractivity contribution in [2.75, 3.05) is 5.43 Å². The summed E-state index contributed by atoms with van der Waals surface area (Å²) in [7, 11) is 0.